The first-order valence-corrected chi connectivity index (χ1v) is 17.9. The predicted molar refractivity (Wildman–Crippen MR) is 206 cm³/mol. The van der Waals surface area contributed by atoms with Crippen LogP contribution in [0.4, 0.5) is 11.4 Å². The first kappa shape index (κ1) is 39.8. The summed E-state index contributed by atoms with van der Waals surface area (Å²) in [5, 5.41) is 5.93. The highest BCUT2D eigenvalue weighted by molar-refractivity contribution is 6.06. The third-order valence-electron chi connectivity index (χ3n) is 7.93. The summed E-state index contributed by atoms with van der Waals surface area (Å²) in [6, 6.07) is 25.0. The fourth-order valence-electron chi connectivity index (χ4n) is 5.18. The lowest BCUT2D eigenvalue weighted by molar-refractivity contribution is -0.00699. The van der Waals surface area contributed by atoms with Gasteiger partial charge in [0.1, 0.15) is 49.4 Å². The van der Waals surface area contributed by atoms with Gasteiger partial charge in [-0.15, -0.1) is 0 Å². The van der Waals surface area contributed by atoms with Gasteiger partial charge in [0, 0.05) is 11.1 Å². The number of carbonyl (C=O) groups is 2. The van der Waals surface area contributed by atoms with Crippen molar-refractivity contribution in [2.24, 2.45) is 0 Å². The molecule has 1 heterocycles. The van der Waals surface area contributed by atoms with E-state index >= 15 is 0 Å². The van der Waals surface area contributed by atoms with Crippen molar-refractivity contribution in [1.29, 1.82) is 0 Å². The zero-order valence-corrected chi connectivity index (χ0v) is 30.9. The molecule has 12 nitrogen and oxygen atoms in total. The molecule has 286 valence electrons. The summed E-state index contributed by atoms with van der Waals surface area (Å²) in [6.07, 6.45) is 0. The molecular weight excluding hydrogens is 692 g/mol. The van der Waals surface area contributed by atoms with E-state index in [0.29, 0.717) is 117 Å². The molecule has 54 heavy (non-hydrogen) atoms. The predicted octanol–water partition coefficient (Wildman–Crippen LogP) is 6.66. The van der Waals surface area contributed by atoms with E-state index in [2.05, 4.69) is 17.2 Å². The third-order valence-corrected chi connectivity index (χ3v) is 7.93. The Balaban J connectivity index is 1.24. The average Bonchev–Trinajstić information content (AvgIpc) is 3.17. The highest BCUT2D eigenvalue weighted by Gasteiger charge is 2.15. The van der Waals surface area contributed by atoms with E-state index in [9.17, 15) is 9.59 Å². The SMILES string of the molecule is C=C1COc2ccc(C)cc2NC(=O)c2cccc(c2)OCCOCCOCCOCCOCCOc2cccc(c2)C(=O)Nc2cc(C)ccc2OC1. The molecule has 0 spiro atoms. The van der Waals surface area contributed by atoms with Gasteiger partial charge >= 0.3 is 0 Å². The van der Waals surface area contributed by atoms with E-state index in [4.69, 9.17) is 37.9 Å². The van der Waals surface area contributed by atoms with Crippen molar-refractivity contribution >= 4 is 23.2 Å². The van der Waals surface area contributed by atoms with Crippen LogP contribution >= 0.6 is 0 Å². The van der Waals surface area contributed by atoms with Crippen LogP contribution in [0.5, 0.6) is 23.0 Å². The van der Waals surface area contributed by atoms with Gasteiger partial charge in [0.15, 0.2) is 0 Å². The Bertz CT molecular complexity index is 1710. The first-order valence-electron chi connectivity index (χ1n) is 17.9. The summed E-state index contributed by atoms with van der Waals surface area (Å²) in [7, 11) is 0. The Morgan fingerprint density at radius 3 is 1.28 bits per heavy atom. The van der Waals surface area contributed by atoms with Crippen LogP contribution < -0.4 is 29.6 Å². The standard InChI is InChI=1S/C42H48N2O10/c1-30-10-12-39-37(24-30)43-41(45)33-6-4-8-35(26-33)51-22-20-49-18-16-47-14-15-48-17-19-50-21-23-52-36-9-5-7-34(27-36)42(46)44-38-25-31(2)11-13-40(38)54-29-32(3)28-53-39/h4-13,24-27H,3,14-23,28-29H2,1-2H3,(H,43,45)(H,44,46). The Morgan fingerprint density at radius 2 is 0.870 bits per heavy atom. The number of aryl methyl sites for hydroxylation is 2. The quantitative estimate of drug-likeness (QED) is 0.189. The van der Waals surface area contributed by atoms with Crippen LogP contribution in [-0.2, 0) is 18.9 Å². The number of rotatable bonds is 0. The molecule has 1 aliphatic rings. The lowest BCUT2D eigenvalue weighted by Gasteiger charge is -2.17. The summed E-state index contributed by atoms with van der Waals surface area (Å²) >= 11 is 0. The number of hydrogen-bond acceptors (Lipinski definition) is 10. The van der Waals surface area contributed by atoms with E-state index < -0.39 is 0 Å². The maximum atomic E-state index is 13.3. The number of anilines is 2. The average molecular weight is 741 g/mol. The van der Waals surface area contributed by atoms with Gasteiger partial charge in [0.05, 0.1) is 64.2 Å². The van der Waals surface area contributed by atoms with Gasteiger partial charge in [-0.1, -0.05) is 30.8 Å². The number of benzene rings is 4. The van der Waals surface area contributed by atoms with Crippen molar-refractivity contribution in [1.82, 2.24) is 0 Å². The van der Waals surface area contributed by atoms with Gasteiger partial charge in [0.2, 0.25) is 0 Å². The van der Waals surface area contributed by atoms with Gasteiger partial charge < -0.3 is 48.5 Å². The molecule has 4 bridgehead atoms. The number of nitrogens with one attached hydrogen (secondary N) is 2. The maximum absolute atomic E-state index is 13.3. The number of amides is 2. The van der Waals surface area contributed by atoms with Crippen molar-refractivity contribution in [3.05, 3.63) is 119 Å². The molecule has 0 unspecified atom stereocenters. The summed E-state index contributed by atoms with van der Waals surface area (Å²) in [5.74, 6) is 1.42. The lowest BCUT2D eigenvalue weighted by atomic mass is 10.1. The van der Waals surface area contributed by atoms with Crippen molar-refractivity contribution in [2.75, 3.05) is 89.9 Å². The highest BCUT2D eigenvalue weighted by Crippen LogP contribution is 2.29. The Morgan fingerprint density at radius 1 is 0.481 bits per heavy atom. The third kappa shape index (κ3) is 13.2. The number of fused-ring (bicyclic) bond motifs is 6. The van der Waals surface area contributed by atoms with Gasteiger partial charge in [0.25, 0.3) is 11.8 Å². The largest absolute Gasteiger partial charge is 0.491 e. The second-order valence-corrected chi connectivity index (χ2v) is 12.4. The molecule has 0 saturated carbocycles. The molecule has 4 aromatic carbocycles. The van der Waals surface area contributed by atoms with Crippen molar-refractivity contribution < 1.29 is 47.5 Å². The summed E-state index contributed by atoms with van der Waals surface area (Å²) in [6.45, 7) is 12.2. The Kier molecular flexibility index (Phi) is 15.7. The molecule has 2 N–H and O–H groups in total. The molecule has 0 atom stereocenters. The summed E-state index contributed by atoms with van der Waals surface area (Å²) in [5.41, 5.74) is 4.42. The van der Waals surface area contributed by atoms with E-state index in [1.54, 1.807) is 60.7 Å². The molecule has 0 radical (unpaired) electrons. The molecule has 12 heteroatoms. The molecule has 0 aromatic heterocycles. The number of hydrogen-bond donors (Lipinski definition) is 2. The van der Waals surface area contributed by atoms with E-state index in [1.807, 2.05) is 38.1 Å². The van der Waals surface area contributed by atoms with E-state index in [0.717, 1.165) is 11.1 Å². The number of ether oxygens (including phenoxy) is 8. The zero-order chi connectivity index (χ0) is 38.0. The fourth-order valence-corrected chi connectivity index (χ4v) is 5.18. The van der Waals surface area contributed by atoms with Crippen LogP contribution in [0.3, 0.4) is 0 Å². The summed E-state index contributed by atoms with van der Waals surface area (Å²) < 4.78 is 46.2. The normalized spacial score (nSPS) is 16.5. The van der Waals surface area contributed by atoms with Crippen LogP contribution in [0.1, 0.15) is 31.8 Å². The zero-order valence-electron chi connectivity index (χ0n) is 30.9. The molecule has 5 rings (SSSR count). The second kappa shape index (κ2) is 21.3. The van der Waals surface area contributed by atoms with Crippen LogP contribution in [0.15, 0.2) is 97.1 Å². The maximum Gasteiger partial charge on any atom is 0.255 e. The molecule has 0 aliphatic carbocycles. The van der Waals surface area contributed by atoms with Gasteiger partial charge in [-0.2, -0.15) is 0 Å². The van der Waals surface area contributed by atoms with Gasteiger partial charge in [-0.3, -0.25) is 9.59 Å². The van der Waals surface area contributed by atoms with Crippen molar-refractivity contribution in [3.8, 4) is 23.0 Å². The minimum atomic E-state index is -0.316. The molecule has 4 aromatic rings. The minimum absolute atomic E-state index is 0.128. The Labute approximate surface area is 316 Å². The molecule has 1 aliphatic heterocycles. The van der Waals surface area contributed by atoms with Crippen LogP contribution in [0.25, 0.3) is 0 Å². The monoisotopic (exact) mass is 740 g/mol. The number of carbonyl (C=O) groups excluding carboxylic acids is 2. The molecular formula is C42H48N2O10. The van der Waals surface area contributed by atoms with Gasteiger partial charge in [-0.25, -0.2) is 0 Å². The van der Waals surface area contributed by atoms with Crippen molar-refractivity contribution in [3.63, 3.8) is 0 Å². The molecule has 0 fully saturated rings. The smallest absolute Gasteiger partial charge is 0.255 e. The van der Waals surface area contributed by atoms with Crippen LogP contribution in [-0.4, -0.2) is 91.1 Å². The minimum Gasteiger partial charge on any atom is -0.491 e. The topological polar surface area (TPSA) is 132 Å². The first-order chi connectivity index (χ1) is 26.3. The van der Waals surface area contributed by atoms with E-state index in [-0.39, 0.29) is 25.0 Å². The van der Waals surface area contributed by atoms with Crippen LogP contribution in [0, 0.1) is 13.8 Å². The van der Waals surface area contributed by atoms with E-state index in [1.165, 1.54) is 0 Å². The molecule has 2 amide bonds. The highest BCUT2D eigenvalue weighted by atomic mass is 16.6. The van der Waals surface area contributed by atoms with Gasteiger partial charge in [-0.05, 0) is 91.2 Å². The van der Waals surface area contributed by atoms with Crippen molar-refractivity contribution in [2.45, 2.75) is 13.8 Å². The Hall–Kier alpha value is -5.40. The fraction of sp³-hybridized carbons (Fsp3) is 0.333. The van der Waals surface area contributed by atoms with Crippen LogP contribution in [0.2, 0.25) is 0 Å². The lowest BCUT2D eigenvalue weighted by Crippen LogP contribution is -2.16. The second-order valence-electron chi connectivity index (χ2n) is 12.4. The molecule has 0 saturated heterocycles. The summed E-state index contributed by atoms with van der Waals surface area (Å²) in [4.78, 5) is 26.6.